The molecule has 0 spiro atoms. The molecule has 0 saturated heterocycles. The fraction of sp³-hybridized carbons (Fsp3) is 0.400. The second-order valence-electron chi connectivity index (χ2n) is 6.19. The van der Waals surface area contributed by atoms with Crippen molar-refractivity contribution in [3.8, 4) is 5.75 Å². The van der Waals surface area contributed by atoms with Crippen LogP contribution in [0.3, 0.4) is 0 Å². The van der Waals surface area contributed by atoms with E-state index in [0.717, 1.165) is 0 Å². The first-order valence-electron chi connectivity index (χ1n) is 7.25. The van der Waals surface area contributed by atoms with Crippen LogP contribution in [-0.4, -0.2) is 29.6 Å². The lowest BCUT2D eigenvalue weighted by molar-refractivity contribution is -0.139. The van der Waals surface area contributed by atoms with Crippen LogP contribution in [0.15, 0.2) is 0 Å². The molecule has 1 aromatic rings. The summed E-state index contributed by atoms with van der Waals surface area (Å²) < 4.78 is 75.4. The number of hydrogen-bond donors (Lipinski definition) is 2. The van der Waals surface area contributed by atoms with E-state index in [1.165, 1.54) is 20.8 Å². The number of halogens is 5. The topological polar surface area (TPSA) is 108 Å². The Bertz CT molecular complexity index is 750. The molecule has 0 unspecified atom stereocenters. The second kappa shape index (κ2) is 8.18. The van der Waals surface area contributed by atoms with Crippen molar-refractivity contribution in [2.75, 3.05) is 0 Å². The predicted molar refractivity (Wildman–Crippen MR) is 78.8 cm³/mol. The van der Waals surface area contributed by atoms with Gasteiger partial charge in [0.25, 0.3) is 0 Å². The standard InChI is InChI=1S/C15H15F5N2O5/c1-15(2,3)27-14(25)22-5(4-6(21)23)13(24)26-12-10(19)8(17)7(16)9(18)11(12)20/h5H,4H2,1-3H3,(H2,21,23)(H,22,25)/t5-/m0/s1. The van der Waals surface area contributed by atoms with Gasteiger partial charge in [0.1, 0.15) is 11.6 Å². The third kappa shape index (κ3) is 5.79. The van der Waals surface area contributed by atoms with Gasteiger partial charge in [-0.05, 0) is 20.8 Å². The van der Waals surface area contributed by atoms with Gasteiger partial charge in [0.15, 0.2) is 0 Å². The molecule has 0 aliphatic heterocycles. The Morgan fingerprint density at radius 2 is 1.41 bits per heavy atom. The molecule has 0 saturated carbocycles. The van der Waals surface area contributed by atoms with E-state index in [9.17, 15) is 36.3 Å². The third-order valence-corrected chi connectivity index (χ3v) is 2.75. The molecule has 0 aliphatic rings. The van der Waals surface area contributed by atoms with Crippen molar-refractivity contribution in [1.82, 2.24) is 5.32 Å². The number of nitrogens with one attached hydrogen (secondary N) is 1. The van der Waals surface area contributed by atoms with Crippen LogP contribution in [-0.2, 0) is 14.3 Å². The minimum absolute atomic E-state index is 0.895. The number of esters is 1. The van der Waals surface area contributed by atoms with Gasteiger partial charge in [-0.1, -0.05) is 0 Å². The van der Waals surface area contributed by atoms with E-state index in [2.05, 4.69) is 4.74 Å². The van der Waals surface area contributed by atoms with E-state index in [-0.39, 0.29) is 0 Å². The minimum Gasteiger partial charge on any atom is -0.444 e. The highest BCUT2D eigenvalue weighted by molar-refractivity contribution is 5.88. The molecule has 0 bridgehead atoms. The van der Waals surface area contributed by atoms with Crippen molar-refractivity contribution in [3.63, 3.8) is 0 Å². The monoisotopic (exact) mass is 398 g/mol. The maximum Gasteiger partial charge on any atom is 0.408 e. The van der Waals surface area contributed by atoms with Crippen molar-refractivity contribution >= 4 is 18.0 Å². The number of benzene rings is 1. The van der Waals surface area contributed by atoms with E-state index in [0.29, 0.717) is 0 Å². The van der Waals surface area contributed by atoms with E-state index in [4.69, 9.17) is 10.5 Å². The van der Waals surface area contributed by atoms with Crippen LogP contribution in [0.5, 0.6) is 5.75 Å². The zero-order valence-electron chi connectivity index (χ0n) is 14.3. The van der Waals surface area contributed by atoms with Crippen molar-refractivity contribution in [1.29, 1.82) is 0 Å². The predicted octanol–water partition coefficient (Wildman–Crippen LogP) is 2.06. The second-order valence-corrected chi connectivity index (χ2v) is 6.19. The molecule has 0 aliphatic carbocycles. The largest absolute Gasteiger partial charge is 0.444 e. The molecule has 0 fully saturated rings. The maximum absolute atomic E-state index is 13.6. The van der Waals surface area contributed by atoms with Gasteiger partial charge in [0.2, 0.25) is 40.7 Å². The molecule has 1 aromatic carbocycles. The van der Waals surface area contributed by atoms with Crippen LogP contribution in [0.4, 0.5) is 26.7 Å². The number of primary amides is 1. The Morgan fingerprint density at radius 1 is 0.963 bits per heavy atom. The summed E-state index contributed by atoms with van der Waals surface area (Å²) in [5.74, 6) is -16.7. The third-order valence-electron chi connectivity index (χ3n) is 2.75. The Labute approximate surface area is 149 Å². The first-order valence-corrected chi connectivity index (χ1v) is 7.25. The number of amides is 2. The molecule has 27 heavy (non-hydrogen) atoms. The first kappa shape index (κ1) is 22.1. The zero-order chi connectivity index (χ0) is 21.1. The van der Waals surface area contributed by atoms with Crippen LogP contribution in [0.2, 0.25) is 0 Å². The smallest absolute Gasteiger partial charge is 0.408 e. The van der Waals surface area contributed by atoms with E-state index >= 15 is 0 Å². The molecular weight excluding hydrogens is 383 g/mol. The van der Waals surface area contributed by atoms with Gasteiger partial charge in [-0.2, -0.15) is 8.78 Å². The van der Waals surface area contributed by atoms with Crippen molar-refractivity contribution in [3.05, 3.63) is 29.1 Å². The number of ether oxygens (including phenoxy) is 2. The number of hydrogen-bond acceptors (Lipinski definition) is 5. The molecule has 3 N–H and O–H groups in total. The average molecular weight is 398 g/mol. The maximum atomic E-state index is 13.6. The van der Waals surface area contributed by atoms with Crippen LogP contribution in [0.25, 0.3) is 0 Å². The zero-order valence-corrected chi connectivity index (χ0v) is 14.3. The number of carbonyl (C=O) groups is 3. The quantitative estimate of drug-likeness (QED) is 0.260. The van der Waals surface area contributed by atoms with Gasteiger partial charge in [-0.3, -0.25) is 4.79 Å². The highest BCUT2D eigenvalue weighted by Gasteiger charge is 2.32. The summed E-state index contributed by atoms with van der Waals surface area (Å²) in [5, 5.41) is 1.86. The van der Waals surface area contributed by atoms with Crippen LogP contribution in [0.1, 0.15) is 27.2 Å². The lowest BCUT2D eigenvalue weighted by atomic mass is 10.2. The summed E-state index contributed by atoms with van der Waals surface area (Å²) in [6.45, 7) is 4.43. The van der Waals surface area contributed by atoms with Gasteiger partial charge in [-0.25, -0.2) is 22.8 Å². The van der Waals surface area contributed by atoms with E-state index in [1.807, 2.05) is 5.32 Å². The summed E-state index contributed by atoms with van der Waals surface area (Å²) in [4.78, 5) is 34.7. The number of rotatable bonds is 5. The Hall–Kier alpha value is -2.92. The van der Waals surface area contributed by atoms with E-state index in [1.54, 1.807) is 0 Å². The minimum atomic E-state index is -2.45. The molecule has 2 amide bonds. The Morgan fingerprint density at radius 3 is 1.81 bits per heavy atom. The van der Waals surface area contributed by atoms with Crippen LogP contribution in [0, 0.1) is 29.1 Å². The molecule has 7 nitrogen and oxygen atoms in total. The van der Waals surface area contributed by atoms with Gasteiger partial charge >= 0.3 is 12.1 Å². The number of nitrogens with two attached hydrogens (primary N) is 1. The number of carbonyl (C=O) groups excluding carboxylic acids is 3. The Balaban J connectivity index is 3.11. The van der Waals surface area contributed by atoms with Crippen LogP contribution < -0.4 is 15.8 Å². The van der Waals surface area contributed by atoms with Crippen molar-refractivity contribution in [2.45, 2.75) is 38.8 Å². The summed E-state index contributed by atoms with van der Waals surface area (Å²) in [7, 11) is 0. The molecular formula is C15H15F5N2O5. The molecule has 1 rings (SSSR count). The molecule has 150 valence electrons. The van der Waals surface area contributed by atoms with Gasteiger partial charge < -0.3 is 20.5 Å². The lowest BCUT2D eigenvalue weighted by Gasteiger charge is -2.22. The summed E-state index contributed by atoms with van der Waals surface area (Å²) in [6.07, 6.45) is -2.11. The molecule has 12 heteroatoms. The summed E-state index contributed by atoms with van der Waals surface area (Å²) in [6, 6.07) is -1.91. The molecule has 0 aromatic heterocycles. The van der Waals surface area contributed by atoms with Gasteiger partial charge in [0, 0.05) is 0 Å². The SMILES string of the molecule is CC(C)(C)OC(=O)N[C@@H](CC(N)=O)C(=O)Oc1c(F)c(F)c(F)c(F)c1F. The molecule has 1 atom stereocenters. The van der Waals surface area contributed by atoms with E-state index < -0.39 is 70.9 Å². The van der Waals surface area contributed by atoms with Gasteiger partial charge in [-0.15, -0.1) is 0 Å². The first-order chi connectivity index (χ1) is 12.2. The van der Waals surface area contributed by atoms with Crippen molar-refractivity contribution in [2.24, 2.45) is 5.73 Å². The normalized spacial score (nSPS) is 12.3. The highest BCUT2D eigenvalue weighted by atomic mass is 19.2. The lowest BCUT2D eigenvalue weighted by Crippen LogP contribution is -2.47. The molecule has 0 radical (unpaired) electrons. The van der Waals surface area contributed by atoms with Crippen LogP contribution >= 0.6 is 0 Å². The highest BCUT2D eigenvalue weighted by Crippen LogP contribution is 2.29. The fourth-order valence-corrected chi connectivity index (χ4v) is 1.69. The van der Waals surface area contributed by atoms with Crippen molar-refractivity contribution < 1.29 is 45.8 Å². The molecule has 0 heterocycles. The number of alkyl carbamates (subject to hydrolysis) is 1. The van der Waals surface area contributed by atoms with Gasteiger partial charge in [0.05, 0.1) is 6.42 Å². The summed E-state index contributed by atoms with van der Waals surface area (Å²) in [5.41, 5.74) is 3.89. The average Bonchev–Trinajstić information content (AvgIpc) is 2.52. The Kier molecular flexibility index (Phi) is 6.71. The fourth-order valence-electron chi connectivity index (χ4n) is 1.69. The summed E-state index contributed by atoms with van der Waals surface area (Å²) >= 11 is 0.